The van der Waals surface area contributed by atoms with Crippen LogP contribution in [0.5, 0.6) is 5.75 Å². The van der Waals surface area contributed by atoms with Gasteiger partial charge in [-0.1, -0.05) is 12.1 Å². The van der Waals surface area contributed by atoms with Gasteiger partial charge in [-0.2, -0.15) is 0 Å². The van der Waals surface area contributed by atoms with Crippen molar-refractivity contribution < 1.29 is 14.9 Å². The molecule has 0 aromatic heterocycles. The number of nitrogens with zero attached hydrogens (tertiary/aromatic N) is 1. The van der Waals surface area contributed by atoms with E-state index in [0.29, 0.717) is 6.61 Å². The first-order valence-corrected chi connectivity index (χ1v) is 5.29. The van der Waals surface area contributed by atoms with Crippen molar-refractivity contribution in [2.75, 3.05) is 33.9 Å². The van der Waals surface area contributed by atoms with Gasteiger partial charge >= 0.3 is 0 Å². The average Bonchev–Trinajstić information content (AvgIpc) is 2.25. The van der Waals surface area contributed by atoms with Crippen molar-refractivity contribution in [3.63, 3.8) is 0 Å². The summed E-state index contributed by atoms with van der Waals surface area (Å²) >= 11 is 0. The Kier molecular flexibility index (Phi) is 5.25. The smallest absolute Gasteiger partial charge is 0.115 e. The lowest BCUT2D eigenvalue weighted by molar-refractivity contribution is 0.0306. The lowest BCUT2D eigenvalue weighted by Crippen LogP contribution is -2.19. The van der Waals surface area contributed by atoms with E-state index in [1.54, 1.807) is 24.3 Å². The van der Waals surface area contributed by atoms with Crippen LogP contribution >= 0.6 is 0 Å². The van der Waals surface area contributed by atoms with E-state index in [4.69, 9.17) is 9.84 Å². The molecule has 0 saturated carbocycles. The van der Waals surface area contributed by atoms with Crippen LogP contribution in [0.2, 0.25) is 0 Å². The van der Waals surface area contributed by atoms with Crippen LogP contribution in [0.4, 0.5) is 0 Å². The molecule has 2 N–H and O–H groups in total. The van der Waals surface area contributed by atoms with Gasteiger partial charge in [-0.15, -0.1) is 0 Å². The van der Waals surface area contributed by atoms with E-state index in [0.717, 1.165) is 12.1 Å². The Morgan fingerprint density at radius 1 is 1.25 bits per heavy atom. The van der Waals surface area contributed by atoms with Gasteiger partial charge in [0.15, 0.2) is 0 Å². The van der Waals surface area contributed by atoms with Gasteiger partial charge in [0.2, 0.25) is 0 Å². The third-order valence-electron chi connectivity index (χ3n) is 2.24. The lowest BCUT2D eigenvalue weighted by atomic mass is 10.1. The molecule has 0 aliphatic heterocycles. The standard InChI is InChI=1S/C12H19NO3/c1-13(2)7-8-16-9-12(15)10-3-5-11(14)6-4-10/h3-6,12,14-15H,7-9H2,1-2H3. The second-order valence-corrected chi connectivity index (χ2v) is 3.99. The number of aliphatic hydroxyl groups is 1. The van der Waals surface area contributed by atoms with Crippen molar-refractivity contribution in [1.82, 2.24) is 4.90 Å². The molecule has 4 heteroatoms. The Morgan fingerprint density at radius 2 is 1.88 bits per heavy atom. The molecule has 0 radical (unpaired) electrons. The number of aliphatic hydroxyl groups excluding tert-OH is 1. The van der Waals surface area contributed by atoms with Crippen LogP contribution in [0.15, 0.2) is 24.3 Å². The topological polar surface area (TPSA) is 52.9 Å². The van der Waals surface area contributed by atoms with E-state index >= 15 is 0 Å². The average molecular weight is 225 g/mol. The SMILES string of the molecule is CN(C)CCOCC(O)c1ccc(O)cc1. The molecule has 1 aromatic carbocycles. The zero-order valence-corrected chi connectivity index (χ0v) is 9.76. The third-order valence-corrected chi connectivity index (χ3v) is 2.24. The molecule has 16 heavy (non-hydrogen) atoms. The van der Waals surface area contributed by atoms with Crippen molar-refractivity contribution in [2.24, 2.45) is 0 Å². The van der Waals surface area contributed by atoms with Gasteiger partial charge in [0.05, 0.1) is 13.2 Å². The number of aromatic hydroxyl groups is 1. The predicted molar refractivity (Wildman–Crippen MR) is 62.4 cm³/mol. The van der Waals surface area contributed by atoms with Crippen LogP contribution in [0.3, 0.4) is 0 Å². The highest BCUT2D eigenvalue weighted by molar-refractivity contribution is 5.27. The first kappa shape index (κ1) is 13.0. The first-order chi connectivity index (χ1) is 7.59. The maximum atomic E-state index is 9.76. The van der Waals surface area contributed by atoms with Gasteiger partial charge in [-0.05, 0) is 31.8 Å². The first-order valence-electron chi connectivity index (χ1n) is 5.29. The summed E-state index contributed by atoms with van der Waals surface area (Å²) in [5.74, 6) is 0.199. The number of benzene rings is 1. The van der Waals surface area contributed by atoms with E-state index in [1.165, 1.54) is 0 Å². The molecule has 1 atom stereocenters. The summed E-state index contributed by atoms with van der Waals surface area (Å²) < 4.78 is 5.34. The summed E-state index contributed by atoms with van der Waals surface area (Å²) in [7, 11) is 3.94. The summed E-state index contributed by atoms with van der Waals surface area (Å²) in [5.41, 5.74) is 0.752. The zero-order valence-electron chi connectivity index (χ0n) is 9.76. The third kappa shape index (κ3) is 4.61. The molecule has 0 saturated heterocycles. The molecular weight excluding hydrogens is 206 g/mol. The number of hydrogen-bond donors (Lipinski definition) is 2. The van der Waals surface area contributed by atoms with Crippen LogP contribution < -0.4 is 0 Å². The molecule has 0 fully saturated rings. The van der Waals surface area contributed by atoms with Gasteiger partial charge in [-0.25, -0.2) is 0 Å². The normalized spacial score (nSPS) is 13.0. The van der Waals surface area contributed by atoms with Gasteiger partial charge in [0, 0.05) is 6.54 Å². The number of phenolic OH excluding ortho intramolecular Hbond substituents is 1. The van der Waals surface area contributed by atoms with Gasteiger partial charge in [0.25, 0.3) is 0 Å². The quantitative estimate of drug-likeness (QED) is 0.709. The molecule has 4 nitrogen and oxygen atoms in total. The molecule has 90 valence electrons. The monoisotopic (exact) mass is 225 g/mol. The maximum Gasteiger partial charge on any atom is 0.115 e. The lowest BCUT2D eigenvalue weighted by Gasteiger charge is -2.13. The van der Waals surface area contributed by atoms with Crippen LogP contribution in [0.25, 0.3) is 0 Å². The largest absolute Gasteiger partial charge is 0.508 e. The Labute approximate surface area is 96.1 Å². The van der Waals surface area contributed by atoms with Crippen LogP contribution in [-0.2, 0) is 4.74 Å². The second-order valence-electron chi connectivity index (χ2n) is 3.99. The van der Waals surface area contributed by atoms with Crippen LogP contribution in [-0.4, -0.2) is 49.0 Å². The minimum Gasteiger partial charge on any atom is -0.508 e. The minimum absolute atomic E-state index is 0.199. The van der Waals surface area contributed by atoms with Crippen molar-refractivity contribution in [2.45, 2.75) is 6.10 Å². The Morgan fingerprint density at radius 3 is 2.44 bits per heavy atom. The van der Waals surface area contributed by atoms with Crippen molar-refractivity contribution in [1.29, 1.82) is 0 Å². The van der Waals surface area contributed by atoms with Crippen molar-refractivity contribution in [3.8, 4) is 5.75 Å². The van der Waals surface area contributed by atoms with E-state index in [9.17, 15) is 5.11 Å². The van der Waals surface area contributed by atoms with Gasteiger partial charge in [-0.3, -0.25) is 0 Å². The highest BCUT2D eigenvalue weighted by atomic mass is 16.5. The van der Waals surface area contributed by atoms with E-state index in [2.05, 4.69) is 0 Å². The Balaban J connectivity index is 2.29. The number of rotatable bonds is 6. The molecular formula is C12H19NO3. The summed E-state index contributed by atoms with van der Waals surface area (Å²) in [4.78, 5) is 2.02. The molecule has 0 aliphatic carbocycles. The van der Waals surface area contributed by atoms with Gasteiger partial charge < -0.3 is 19.8 Å². The molecule has 1 unspecified atom stereocenters. The van der Waals surface area contributed by atoms with E-state index < -0.39 is 6.10 Å². The molecule has 0 bridgehead atoms. The summed E-state index contributed by atoms with van der Waals surface area (Å²) in [6.07, 6.45) is -0.636. The molecule has 0 aliphatic rings. The summed E-state index contributed by atoms with van der Waals surface area (Å²) in [6.45, 7) is 1.71. The maximum absolute atomic E-state index is 9.76. The van der Waals surface area contributed by atoms with E-state index in [1.807, 2.05) is 19.0 Å². The van der Waals surface area contributed by atoms with E-state index in [-0.39, 0.29) is 12.4 Å². The van der Waals surface area contributed by atoms with Crippen molar-refractivity contribution in [3.05, 3.63) is 29.8 Å². The fraction of sp³-hybridized carbons (Fsp3) is 0.500. The fourth-order valence-corrected chi connectivity index (χ4v) is 1.23. The Bertz CT molecular complexity index is 298. The highest BCUT2D eigenvalue weighted by Gasteiger charge is 2.07. The molecule has 1 rings (SSSR count). The van der Waals surface area contributed by atoms with Crippen LogP contribution in [0, 0.1) is 0 Å². The highest BCUT2D eigenvalue weighted by Crippen LogP contribution is 2.16. The molecule has 0 amide bonds. The minimum atomic E-state index is -0.636. The zero-order chi connectivity index (χ0) is 12.0. The predicted octanol–water partition coefficient (Wildman–Crippen LogP) is 1.00. The molecule has 0 heterocycles. The van der Waals surface area contributed by atoms with Crippen molar-refractivity contribution >= 4 is 0 Å². The fourth-order valence-electron chi connectivity index (χ4n) is 1.23. The molecule has 0 spiro atoms. The Hall–Kier alpha value is -1.10. The summed E-state index contributed by atoms with van der Waals surface area (Å²) in [5, 5.41) is 18.9. The number of phenols is 1. The summed E-state index contributed by atoms with van der Waals surface area (Å²) in [6, 6.07) is 6.49. The van der Waals surface area contributed by atoms with Crippen LogP contribution in [0.1, 0.15) is 11.7 Å². The number of ether oxygens (including phenoxy) is 1. The van der Waals surface area contributed by atoms with Gasteiger partial charge in [0.1, 0.15) is 11.9 Å². The molecule has 1 aromatic rings. The number of hydrogen-bond acceptors (Lipinski definition) is 4. The second kappa shape index (κ2) is 6.48. The number of likely N-dealkylation sites (N-methyl/N-ethyl adjacent to an activating group) is 1.